The van der Waals surface area contributed by atoms with Crippen molar-refractivity contribution in [2.45, 2.75) is 20.0 Å². The lowest BCUT2D eigenvalue weighted by atomic mass is 10.4. The Labute approximate surface area is 78.4 Å². The molecule has 0 spiro atoms. The fourth-order valence-electron chi connectivity index (χ4n) is 0.951. The van der Waals surface area contributed by atoms with Crippen molar-refractivity contribution < 1.29 is 4.74 Å². The molecule has 1 aromatic rings. The van der Waals surface area contributed by atoms with E-state index in [2.05, 4.69) is 15.3 Å². The fraction of sp³-hybridized carbons (Fsp3) is 0.556. The Bertz CT molecular complexity index is 248. The first kappa shape index (κ1) is 9.92. The summed E-state index contributed by atoms with van der Waals surface area (Å²) in [5.74, 6) is 0. The van der Waals surface area contributed by atoms with Crippen LogP contribution in [0.25, 0.3) is 0 Å². The van der Waals surface area contributed by atoms with Crippen LogP contribution in [0, 0.1) is 6.92 Å². The van der Waals surface area contributed by atoms with Gasteiger partial charge in [0, 0.05) is 18.9 Å². The molecule has 0 aliphatic heterocycles. The van der Waals surface area contributed by atoms with Crippen LogP contribution in [-0.4, -0.2) is 29.7 Å². The van der Waals surface area contributed by atoms with Crippen molar-refractivity contribution >= 4 is 0 Å². The molecule has 4 heteroatoms. The van der Waals surface area contributed by atoms with E-state index in [1.54, 1.807) is 12.4 Å². The van der Waals surface area contributed by atoms with Crippen LogP contribution in [-0.2, 0) is 0 Å². The molecule has 0 amide bonds. The Kier molecular flexibility index (Phi) is 3.64. The Hall–Kier alpha value is -1.16. The van der Waals surface area contributed by atoms with Crippen molar-refractivity contribution in [1.82, 2.24) is 15.3 Å². The van der Waals surface area contributed by atoms with Crippen molar-refractivity contribution in [2.75, 3.05) is 13.6 Å². The van der Waals surface area contributed by atoms with Crippen LogP contribution in [0.15, 0.2) is 12.4 Å². The van der Waals surface area contributed by atoms with Crippen molar-refractivity contribution in [3.8, 4) is 6.01 Å². The van der Waals surface area contributed by atoms with Crippen molar-refractivity contribution in [3.05, 3.63) is 18.0 Å². The van der Waals surface area contributed by atoms with Crippen LogP contribution >= 0.6 is 0 Å². The highest BCUT2D eigenvalue weighted by Gasteiger charge is 2.03. The number of nitrogens with one attached hydrogen (secondary N) is 1. The first-order valence-corrected chi connectivity index (χ1v) is 4.32. The Morgan fingerprint density at radius 1 is 1.46 bits per heavy atom. The molecular formula is C9H15N3O. The van der Waals surface area contributed by atoms with Gasteiger partial charge in [-0.05, 0) is 26.5 Å². The van der Waals surface area contributed by atoms with Crippen LogP contribution in [0.1, 0.15) is 12.5 Å². The van der Waals surface area contributed by atoms with Gasteiger partial charge in [0.25, 0.3) is 0 Å². The van der Waals surface area contributed by atoms with E-state index in [9.17, 15) is 0 Å². The van der Waals surface area contributed by atoms with E-state index in [1.807, 2.05) is 20.9 Å². The third-order valence-electron chi connectivity index (χ3n) is 1.56. The van der Waals surface area contributed by atoms with Crippen molar-refractivity contribution in [2.24, 2.45) is 0 Å². The van der Waals surface area contributed by atoms with E-state index in [1.165, 1.54) is 0 Å². The molecular weight excluding hydrogens is 166 g/mol. The van der Waals surface area contributed by atoms with Crippen LogP contribution < -0.4 is 10.1 Å². The Morgan fingerprint density at radius 3 is 2.62 bits per heavy atom. The summed E-state index contributed by atoms with van der Waals surface area (Å²) < 4.78 is 5.42. The number of ether oxygens (including phenoxy) is 1. The molecule has 0 saturated heterocycles. The largest absolute Gasteiger partial charge is 0.459 e. The number of hydrogen-bond donors (Lipinski definition) is 1. The summed E-state index contributed by atoms with van der Waals surface area (Å²) in [6, 6.07) is 0.438. The van der Waals surface area contributed by atoms with Gasteiger partial charge in [-0.3, -0.25) is 0 Å². The van der Waals surface area contributed by atoms with E-state index in [0.29, 0.717) is 6.01 Å². The lowest BCUT2D eigenvalue weighted by molar-refractivity contribution is 0.202. The molecule has 1 atom stereocenters. The van der Waals surface area contributed by atoms with Gasteiger partial charge in [-0.15, -0.1) is 0 Å². The van der Waals surface area contributed by atoms with Gasteiger partial charge in [0.1, 0.15) is 6.10 Å². The number of rotatable bonds is 4. The van der Waals surface area contributed by atoms with E-state index >= 15 is 0 Å². The van der Waals surface area contributed by atoms with Gasteiger partial charge in [0.15, 0.2) is 0 Å². The zero-order valence-electron chi connectivity index (χ0n) is 8.24. The van der Waals surface area contributed by atoms with E-state index < -0.39 is 0 Å². The second-order valence-corrected chi connectivity index (χ2v) is 3.03. The van der Waals surface area contributed by atoms with Crippen molar-refractivity contribution in [3.63, 3.8) is 0 Å². The summed E-state index contributed by atoms with van der Waals surface area (Å²) >= 11 is 0. The number of hydrogen-bond acceptors (Lipinski definition) is 4. The van der Waals surface area contributed by atoms with Crippen LogP contribution in [0.3, 0.4) is 0 Å². The van der Waals surface area contributed by atoms with Gasteiger partial charge < -0.3 is 10.1 Å². The van der Waals surface area contributed by atoms with Crippen molar-refractivity contribution in [1.29, 1.82) is 0 Å². The maximum Gasteiger partial charge on any atom is 0.316 e. The summed E-state index contributed by atoms with van der Waals surface area (Å²) in [6.07, 6.45) is 3.58. The van der Waals surface area contributed by atoms with Gasteiger partial charge in [-0.2, -0.15) is 0 Å². The average molecular weight is 181 g/mol. The Morgan fingerprint density at radius 2 is 2.08 bits per heavy atom. The third-order valence-corrected chi connectivity index (χ3v) is 1.56. The van der Waals surface area contributed by atoms with E-state index in [-0.39, 0.29) is 6.10 Å². The van der Waals surface area contributed by atoms with E-state index in [0.717, 1.165) is 12.1 Å². The predicted octanol–water partition coefficient (Wildman–Crippen LogP) is 0.772. The summed E-state index contributed by atoms with van der Waals surface area (Å²) in [5.41, 5.74) is 1.04. The zero-order chi connectivity index (χ0) is 9.68. The molecule has 4 nitrogen and oxygen atoms in total. The first-order valence-electron chi connectivity index (χ1n) is 4.32. The molecule has 0 bridgehead atoms. The van der Waals surface area contributed by atoms with Crippen LogP contribution in [0.2, 0.25) is 0 Å². The SMILES string of the molecule is CNCC(C)Oc1ncc(C)cn1. The normalized spacial score (nSPS) is 12.5. The summed E-state index contributed by atoms with van der Waals surface area (Å²) in [4.78, 5) is 8.08. The molecule has 0 radical (unpaired) electrons. The maximum absolute atomic E-state index is 5.42. The highest BCUT2D eigenvalue weighted by Crippen LogP contribution is 2.03. The topological polar surface area (TPSA) is 47.0 Å². The second-order valence-electron chi connectivity index (χ2n) is 3.03. The lowest BCUT2D eigenvalue weighted by Gasteiger charge is -2.11. The lowest BCUT2D eigenvalue weighted by Crippen LogP contribution is -2.26. The van der Waals surface area contributed by atoms with Gasteiger partial charge in [-0.25, -0.2) is 9.97 Å². The first-order chi connectivity index (χ1) is 6.22. The van der Waals surface area contributed by atoms with E-state index in [4.69, 9.17) is 4.74 Å². The molecule has 0 saturated carbocycles. The molecule has 0 aromatic carbocycles. The van der Waals surface area contributed by atoms with Gasteiger partial charge in [-0.1, -0.05) is 0 Å². The van der Waals surface area contributed by atoms with Gasteiger partial charge in [0.2, 0.25) is 0 Å². The second kappa shape index (κ2) is 4.77. The quantitative estimate of drug-likeness (QED) is 0.745. The van der Waals surface area contributed by atoms with Gasteiger partial charge in [0.05, 0.1) is 0 Å². The minimum absolute atomic E-state index is 0.0905. The number of aryl methyl sites for hydroxylation is 1. The average Bonchev–Trinajstić information content (AvgIpc) is 2.09. The molecule has 72 valence electrons. The number of nitrogens with zero attached hydrogens (tertiary/aromatic N) is 2. The smallest absolute Gasteiger partial charge is 0.316 e. The third kappa shape index (κ3) is 3.38. The Balaban J connectivity index is 2.49. The highest BCUT2D eigenvalue weighted by molar-refractivity contribution is 5.04. The molecule has 13 heavy (non-hydrogen) atoms. The number of likely N-dealkylation sites (N-methyl/N-ethyl adjacent to an activating group) is 1. The van der Waals surface area contributed by atoms with Crippen LogP contribution in [0.4, 0.5) is 0 Å². The molecule has 1 unspecified atom stereocenters. The fourth-order valence-corrected chi connectivity index (χ4v) is 0.951. The summed E-state index contributed by atoms with van der Waals surface area (Å²) in [5, 5.41) is 3.02. The monoisotopic (exact) mass is 181 g/mol. The highest BCUT2D eigenvalue weighted by atomic mass is 16.5. The standard InChI is InChI=1S/C9H15N3O/c1-7-4-11-9(12-5-7)13-8(2)6-10-3/h4-5,8,10H,6H2,1-3H3. The molecule has 0 fully saturated rings. The molecule has 0 aliphatic rings. The predicted molar refractivity (Wildman–Crippen MR) is 50.8 cm³/mol. The summed E-state index contributed by atoms with van der Waals surface area (Å²) in [6.45, 7) is 4.71. The maximum atomic E-state index is 5.42. The number of aromatic nitrogens is 2. The summed E-state index contributed by atoms with van der Waals surface area (Å²) in [7, 11) is 1.88. The minimum Gasteiger partial charge on any atom is -0.459 e. The molecule has 1 rings (SSSR count). The molecule has 1 aromatic heterocycles. The molecule has 0 aliphatic carbocycles. The molecule has 1 N–H and O–H groups in total. The van der Waals surface area contributed by atoms with Crippen LogP contribution in [0.5, 0.6) is 6.01 Å². The van der Waals surface area contributed by atoms with Gasteiger partial charge >= 0.3 is 6.01 Å². The molecule has 1 heterocycles. The zero-order valence-corrected chi connectivity index (χ0v) is 8.24. The minimum atomic E-state index is 0.0905.